The van der Waals surface area contributed by atoms with Gasteiger partial charge in [0.1, 0.15) is 18.0 Å². The highest BCUT2D eigenvalue weighted by Gasteiger charge is 2.19. The van der Waals surface area contributed by atoms with Crippen molar-refractivity contribution in [3.05, 3.63) is 40.7 Å². The van der Waals surface area contributed by atoms with E-state index in [-0.39, 0.29) is 22.0 Å². The van der Waals surface area contributed by atoms with Crippen molar-refractivity contribution in [2.45, 2.75) is 18.0 Å². The summed E-state index contributed by atoms with van der Waals surface area (Å²) < 4.78 is 41.6. The zero-order valence-electron chi connectivity index (χ0n) is 10.9. The molecule has 0 saturated carbocycles. The minimum atomic E-state index is -3.97. The van der Waals surface area contributed by atoms with Crippen LogP contribution in [0, 0.1) is 5.82 Å². The van der Waals surface area contributed by atoms with Crippen molar-refractivity contribution < 1.29 is 17.9 Å². The topological polar surface area (TPSA) is 97.1 Å². The number of sulfonamides is 1. The van der Waals surface area contributed by atoms with E-state index in [1.165, 1.54) is 6.33 Å². The molecule has 0 amide bonds. The van der Waals surface area contributed by atoms with E-state index >= 15 is 0 Å². The first-order valence-electron chi connectivity index (χ1n) is 5.76. The molecule has 2 aromatic rings. The van der Waals surface area contributed by atoms with Gasteiger partial charge >= 0.3 is 0 Å². The Hall–Kier alpha value is -1.55. The maximum absolute atomic E-state index is 13.6. The first kappa shape index (κ1) is 15.8. The number of aromatic nitrogens is 3. The summed E-state index contributed by atoms with van der Waals surface area (Å²) in [6.07, 6.45) is 1.43. The van der Waals surface area contributed by atoms with Gasteiger partial charge in [-0.1, -0.05) is 11.6 Å². The normalized spacial score (nSPS) is 11.8. The summed E-state index contributed by atoms with van der Waals surface area (Å²) in [6.45, 7) is -0.667. The van der Waals surface area contributed by atoms with Crippen molar-refractivity contribution in [3.63, 3.8) is 0 Å². The zero-order valence-corrected chi connectivity index (χ0v) is 12.5. The molecule has 1 aromatic carbocycles. The maximum atomic E-state index is 13.6. The summed E-state index contributed by atoms with van der Waals surface area (Å²) in [5, 5.41) is 16.1. The average molecular weight is 335 g/mol. The molecule has 0 fully saturated rings. The molecule has 21 heavy (non-hydrogen) atoms. The van der Waals surface area contributed by atoms with Gasteiger partial charge in [-0.25, -0.2) is 17.5 Å². The van der Waals surface area contributed by atoms with E-state index in [2.05, 4.69) is 14.9 Å². The minimum Gasteiger partial charge on any atom is -0.392 e. The molecule has 1 aromatic heterocycles. The quantitative estimate of drug-likeness (QED) is 0.833. The van der Waals surface area contributed by atoms with E-state index in [4.69, 9.17) is 16.7 Å². The van der Waals surface area contributed by atoms with Gasteiger partial charge in [-0.2, -0.15) is 0 Å². The summed E-state index contributed by atoms with van der Waals surface area (Å²) in [5.74, 6) is -0.516. The Morgan fingerprint density at radius 2 is 2.19 bits per heavy atom. The fourth-order valence-electron chi connectivity index (χ4n) is 1.60. The van der Waals surface area contributed by atoms with Crippen molar-refractivity contribution in [1.29, 1.82) is 0 Å². The maximum Gasteiger partial charge on any atom is 0.241 e. The lowest BCUT2D eigenvalue weighted by Crippen LogP contribution is -2.25. The van der Waals surface area contributed by atoms with E-state index in [0.29, 0.717) is 5.82 Å². The van der Waals surface area contributed by atoms with Crippen LogP contribution in [0.4, 0.5) is 4.39 Å². The van der Waals surface area contributed by atoms with Gasteiger partial charge in [0.15, 0.2) is 0 Å². The van der Waals surface area contributed by atoms with E-state index in [9.17, 15) is 12.8 Å². The number of nitrogens with one attached hydrogen (secondary N) is 1. The Labute approximate surface area is 125 Å². The number of hydrogen-bond donors (Lipinski definition) is 2. The third kappa shape index (κ3) is 3.38. The van der Waals surface area contributed by atoms with Gasteiger partial charge in [0.2, 0.25) is 10.0 Å². The first-order valence-corrected chi connectivity index (χ1v) is 7.62. The van der Waals surface area contributed by atoms with Crippen molar-refractivity contribution in [2.75, 3.05) is 0 Å². The summed E-state index contributed by atoms with van der Waals surface area (Å²) in [6, 6.07) is 1.91. The zero-order chi connectivity index (χ0) is 15.6. The van der Waals surface area contributed by atoms with Crippen LogP contribution in [0.3, 0.4) is 0 Å². The standard InChI is InChI=1S/C11H12ClFN4O3S/c1-17-6-14-16-10(17)4-15-21(19,20)8-2-7(5-18)11(12)9(13)3-8/h2-3,6,15,18H,4-5H2,1H3. The van der Waals surface area contributed by atoms with Crippen LogP contribution in [0.1, 0.15) is 11.4 Å². The molecule has 2 N–H and O–H groups in total. The number of aliphatic hydroxyl groups is 1. The van der Waals surface area contributed by atoms with Gasteiger partial charge in [0, 0.05) is 12.6 Å². The van der Waals surface area contributed by atoms with E-state index in [0.717, 1.165) is 12.1 Å². The molecular formula is C11H12ClFN4O3S. The van der Waals surface area contributed by atoms with Crippen LogP contribution >= 0.6 is 11.6 Å². The molecule has 10 heteroatoms. The number of nitrogens with zero attached hydrogens (tertiary/aromatic N) is 3. The molecular weight excluding hydrogens is 323 g/mol. The smallest absolute Gasteiger partial charge is 0.241 e. The van der Waals surface area contributed by atoms with E-state index < -0.39 is 22.4 Å². The second-order valence-corrected chi connectivity index (χ2v) is 6.36. The van der Waals surface area contributed by atoms with Gasteiger partial charge in [0.05, 0.1) is 23.1 Å². The number of hydrogen-bond acceptors (Lipinski definition) is 5. The van der Waals surface area contributed by atoms with E-state index in [1.54, 1.807) is 11.6 Å². The first-order chi connectivity index (χ1) is 9.85. The summed E-state index contributed by atoms with van der Waals surface area (Å²) >= 11 is 5.62. The predicted octanol–water partition coefficient (Wildman–Crippen LogP) is 0.578. The minimum absolute atomic E-state index is 0.00398. The van der Waals surface area contributed by atoms with Crippen molar-refractivity contribution in [1.82, 2.24) is 19.5 Å². The molecule has 0 radical (unpaired) electrons. The van der Waals surface area contributed by atoms with Gasteiger partial charge in [0.25, 0.3) is 0 Å². The Kier molecular flexibility index (Phi) is 4.57. The van der Waals surface area contributed by atoms with Gasteiger partial charge in [-0.15, -0.1) is 10.2 Å². The second kappa shape index (κ2) is 6.06. The van der Waals surface area contributed by atoms with Crippen LogP contribution in [0.25, 0.3) is 0 Å². The van der Waals surface area contributed by atoms with Gasteiger partial charge in [-0.05, 0) is 12.1 Å². The Bertz CT molecular complexity index is 763. The van der Waals surface area contributed by atoms with Gasteiger partial charge in [-0.3, -0.25) is 0 Å². The number of halogens is 2. The molecule has 114 valence electrons. The van der Waals surface area contributed by atoms with Crippen LogP contribution in [-0.4, -0.2) is 28.3 Å². The molecule has 0 aliphatic heterocycles. The Morgan fingerprint density at radius 3 is 2.76 bits per heavy atom. The van der Waals surface area contributed by atoms with Crippen molar-refractivity contribution in [2.24, 2.45) is 7.05 Å². The molecule has 0 aliphatic carbocycles. The van der Waals surface area contributed by atoms with Crippen LogP contribution in [0.5, 0.6) is 0 Å². The third-order valence-corrected chi connectivity index (χ3v) is 4.59. The summed E-state index contributed by atoms with van der Waals surface area (Å²) in [5.41, 5.74) is -0.00398. The second-order valence-electron chi connectivity index (χ2n) is 4.22. The molecule has 0 atom stereocenters. The highest BCUT2D eigenvalue weighted by molar-refractivity contribution is 7.89. The van der Waals surface area contributed by atoms with Crippen molar-refractivity contribution in [3.8, 4) is 0 Å². The molecule has 0 unspecified atom stereocenters. The van der Waals surface area contributed by atoms with Crippen LogP contribution in [0.15, 0.2) is 23.4 Å². The highest BCUT2D eigenvalue weighted by atomic mass is 35.5. The molecule has 0 aliphatic rings. The lowest BCUT2D eigenvalue weighted by Gasteiger charge is -2.09. The van der Waals surface area contributed by atoms with Crippen LogP contribution in [0.2, 0.25) is 5.02 Å². The van der Waals surface area contributed by atoms with Crippen molar-refractivity contribution >= 4 is 21.6 Å². The molecule has 0 saturated heterocycles. The number of aliphatic hydroxyl groups excluding tert-OH is 1. The number of aryl methyl sites for hydroxylation is 1. The highest BCUT2D eigenvalue weighted by Crippen LogP contribution is 2.24. The molecule has 7 nitrogen and oxygen atoms in total. The number of rotatable bonds is 5. The predicted molar refractivity (Wildman–Crippen MR) is 72.4 cm³/mol. The third-order valence-electron chi connectivity index (χ3n) is 2.78. The fraction of sp³-hybridized carbons (Fsp3) is 0.273. The fourth-order valence-corrected chi connectivity index (χ4v) is 2.81. The van der Waals surface area contributed by atoms with Crippen LogP contribution < -0.4 is 4.72 Å². The number of benzene rings is 1. The summed E-state index contributed by atoms with van der Waals surface area (Å²) in [7, 11) is -2.30. The molecule has 0 bridgehead atoms. The molecule has 2 rings (SSSR count). The lowest BCUT2D eigenvalue weighted by molar-refractivity contribution is 0.281. The average Bonchev–Trinajstić information content (AvgIpc) is 2.85. The SMILES string of the molecule is Cn1cnnc1CNS(=O)(=O)c1cc(F)c(Cl)c(CO)c1. The molecule has 1 heterocycles. The Balaban J connectivity index is 2.27. The molecule has 0 spiro atoms. The monoisotopic (exact) mass is 334 g/mol. The summed E-state index contributed by atoms with van der Waals surface area (Å²) in [4.78, 5) is -0.324. The largest absolute Gasteiger partial charge is 0.392 e. The Morgan fingerprint density at radius 1 is 1.48 bits per heavy atom. The lowest BCUT2D eigenvalue weighted by atomic mass is 10.2. The van der Waals surface area contributed by atoms with Gasteiger partial charge < -0.3 is 9.67 Å². The van der Waals surface area contributed by atoms with E-state index in [1.807, 2.05) is 0 Å². The van der Waals surface area contributed by atoms with Crippen LogP contribution in [-0.2, 0) is 30.2 Å².